The van der Waals surface area contributed by atoms with E-state index in [0.717, 1.165) is 0 Å². The number of sulfonamides is 1. The first-order chi connectivity index (χ1) is 7.49. The van der Waals surface area contributed by atoms with Gasteiger partial charge in [0.1, 0.15) is 10.7 Å². The van der Waals surface area contributed by atoms with Crippen LogP contribution in [0.1, 0.15) is 12.8 Å². The molecule has 16 heavy (non-hydrogen) atoms. The predicted molar refractivity (Wildman–Crippen MR) is 58.0 cm³/mol. The first-order valence-electron chi connectivity index (χ1n) is 4.84. The van der Waals surface area contributed by atoms with E-state index < -0.39 is 15.6 Å². The molecule has 1 aliphatic rings. The van der Waals surface area contributed by atoms with E-state index in [4.69, 9.17) is 10.8 Å². The molecule has 1 fully saturated rings. The lowest BCUT2D eigenvalue weighted by Gasteiger charge is -2.15. The van der Waals surface area contributed by atoms with Crippen molar-refractivity contribution in [2.45, 2.75) is 23.3 Å². The molecule has 1 aliphatic carbocycles. The number of pyridine rings is 1. The fourth-order valence-corrected chi connectivity index (χ4v) is 2.95. The maximum absolute atomic E-state index is 11.9. The van der Waals surface area contributed by atoms with E-state index in [-0.39, 0.29) is 17.3 Å². The summed E-state index contributed by atoms with van der Waals surface area (Å²) in [6, 6.07) is 2.89. The predicted octanol–water partition coefficient (Wildman–Crippen LogP) is -0.533. The average Bonchev–Trinajstić information content (AvgIpc) is 2.98. The van der Waals surface area contributed by atoms with Gasteiger partial charge in [-0.2, -0.15) is 0 Å². The van der Waals surface area contributed by atoms with Crippen molar-refractivity contribution in [3.05, 3.63) is 18.3 Å². The summed E-state index contributed by atoms with van der Waals surface area (Å²) in [4.78, 5) is 3.67. The SMILES string of the molecule is Nc1ncccc1S(=O)(=O)NC1(CO)CC1. The van der Waals surface area contributed by atoms with Crippen LogP contribution in [0.5, 0.6) is 0 Å². The number of hydrogen-bond donors (Lipinski definition) is 3. The summed E-state index contributed by atoms with van der Waals surface area (Å²) in [5.41, 5.74) is 4.80. The zero-order valence-electron chi connectivity index (χ0n) is 8.55. The average molecular weight is 243 g/mol. The van der Waals surface area contributed by atoms with Gasteiger partial charge in [-0.25, -0.2) is 18.1 Å². The molecule has 1 saturated carbocycles. The molecule has 6 nitrogen and oxygen atoms in total. The Bertz CT molecular complexity index is 496. The quantitative estimate of drug-likeness (QED) is 0.659. The highest BCUT2D eigenvalue weighted by molar-refractivity contribution is 7.89. The van der Waals surface area contributed by atoms with Gasteiger partial charge in [-0.3, -0.25) is 0 Å². The number of anilines is 1. The van der Waals surface area contributed by atoms with Gasteiger partial charge in [0.05, 0.1) is 12.1 Å². The standard InChI is InChI=1S/C9H13N3O3S/c10-8-7(2-1-5-11-8)16(14,15)12-9(6-13)3-4-9/h1-2,5,12-13H,3-4,6H2,(H2,10,11). The summed E-state index contributed by atoms with van der Waals surface area (Å²) in [5.74, 6) is -0.0382. The maximum Gasteiger partial charge on any atom is 0.244 e. The van der Waals surface area contributed by atoms with E-state index in [9.17, 15) is 8.42 Å². The first kappa shape index (κ1) is 11.3. The topological polar surface area (TPSA) is 105 Å². The Morgan fingerprint density at radius 1 is 1.56 bits per heavy atom. The van der Waals surface area contributed by atoms with Gasteiger partial charge in [0.2, 0.25) is 10.0 Å². The fraction of sp³-hybridized carbons (Fsp3) is 0.444. The molecule has 0 amide bonds. The minimum absolute atomic E-state index is 0.0382. The third-order valence-electron chi connectivity index (χ3n) is 2.60. The summed E-state index contributed by atoms with van der Waals surface area (Å²) in [6.45, 7) is -0.202. The summed E-state index contributed by atoms with van der Waals surface area (Å²) in [6.07, 6.45) is 2.71. The number of nitrogens with zero attached hydrogens (tertiary/aromatic N) is 1. The number of aliphatic hydroxyl groups excluding tert-OH is 1. The maximum atomic E-state index is 11.9. The molecule has 0 spiro atoms. The summed E-state index contributed by atoms with van der Waals surface area (Å²) < 4.78 is 26.3. The molecule has 0 bridgehead atoms. The molecule has 1 heterocycles. The molecular formula is C9H13N3O3S. The molecule has 4 N–H and O–H groups in total. The lowest BCUT2D eigenvalue weighted by Crippen LogP contribution is -2.39. The Morgan fingerprint density at radius 3 is 2.75 bits per heavy atom. The van der Waals surface area contributed by atoms with Crippen LogP contribution in [0.3, 0.4) is 0 Å². The fourth-order valence-electron chi connectivity index (χ4n) is 1.41. The van der Waals surface area contributed by atoms with Crippen molar-refractivity contribution in [2.75, 3.05) is 12.3 Å². The van der Waals surface area contributed by atoms with E-state index in [1.807, 2.05) is 0 Å². The normalized spacial score (nSPS) is 18.3. The highest BCUT2D eigenvalue weighted by atomic mass is 32.2. The second-order valence-corrected chi connectivity index (χ2v) is 5.58. The van der Waals surface area contributed by atoms with Gasteiger partial charge in [-0.05, 0) is 25.0 Å². The Hall–Kier alpha value is -1.18. The summed E-state index contributed by atoms with van der Waals surface area (Å²) >= 11 is 0. The van der Waals surface area contributed by atoms with Crippen LogP contribution < -0.4 is 10.5 Å². The van der Waals surface area contributed by atoms with Crippen molar-refractivity contribution in [1.82, 2.24) is 9.71 Å². The molecule has 2 rings (SSSR count). The number of hydrogen-bond acceptors (Lipinski definition) is 5. The number of rotatable bonds is 4. The van der Waals surface area contributed by atoms with Gasteiger partial charge >= 0.3 is 0 Å². The van der Waals surface area contributed by atoms with Gasteiger partial charge in [0, 0.05) is 6.20 Å². The molecule has 0 aliphatic heterocycles. The van der Waals surface area contributed by atoms with Crippen molar-refractivity contribution in [2.24, 2.45) is 0 Å². The Labute approximate surface area is 93.5 Å². The molecule has 88 valence electrons. The summed E-state index contributed by atoms with van der Waals surface area (Å²) in [5, 5.41) is 9.06. The second-order valence-electron chi connectivity index (χ2n) is 3.93. The van der Waals surface area contributed by atoms with E-state index in [1.54, 1.807) is 0 Å². The Balaban J connectivity index is 2.30. The van der Waals surface area contributed by atoms with Crippen molar-refractivity contribution >= 4 is 15.8 Å². The molecular weight excluding hydrogens is 230 g/mol. The Morgan fingerprint density at radius 2 is 2.25 bits per heavy atom. The number of aromatic nitrogens is 1. The molecule has 1 aromatic heterocycles. The third-order valence-corrected chi connectivity index (χ3v) is 4.22. The number of nitrogens with one attached hydrogen (secondary N) is 1. The van der Waals surface area contributed by atoms with E-state index >= 15 is 0 Å². The van der Waals surface area contributed by atoms with Crippen LogP contribution in [0.2, 0.25) is 0 Å². The molecule has 7 heteroatoms. The van der Waals surface area contributed by atoms with Crippen LogP contribution in [-0.2, 0) is 10.0 Å². The van der Waals surface area contributed by atoms with E-state index in [2.05, 4.69) is 9.71 Å². The monoisotopic (exact) mass is 243 g/mol. The first-order valence-corrected chi connectivity index (χ1v) is 6.33. The molecule has 0 atom stereocenters. The molecule has 0 aromatic carbocycles. The van der Waals surface area contributed by atoms with Crippen LogP contribution in [-0.4, -0.2) is 30.7 Å². The zero-order chi connectivity index (χ0) is 11.8. The largest absolute Gasteiger partial charge is 0.394 e. The van der Waals surface area contributed by atoms with Crippen molar-refractivity contribution < 1.29 is 13.5 Å². The van der Waals surface area contributed by atoms with Gasteiger partial charge in [-0.1, -0.05) is 0 Å². The van der Waals surface area contributed by atoms with Gasteiger partial charge < -0.3 is 10.8 Å². The smallest absolute Gasteiger partial charge is 0.244 e. The lowest BCUT2D eigenvalue weighted by atomic mass is 10.3. The van der Waals surface area contributed by atoms with Gasteiger partial charge in [-0.15, -0.1) is 0 Å². The lowest BCUT2D eigenvalue weighted by molar-refractivity contribution is 0.246. The highest BCUT2D eigenvalue weighted by Crippen LogP contribution is 2.36. The highest BCUT2D eigenvalue weighted by Gasteiger charge is 2.45. The van der Waals surface area contributed by atoms with E-state index in [0.29, 0.717) is 12.8 Å². The Kier molecular flexibility index (Phi) is 2.61. The molecule has 0 unspecified atom stereocenters. The van der Waals surface area contributed by atoms with Gasteiger partial charge in [0.25, 0.3) is 0 Å². The van der Waals surface area contributed by atoms with Crippen LogP contribution in [0.4, 0.5) is 5.82 Å². The molecule has 1 aromatic rings. The van der Waals surface area contributed by atoms with E-state index in [1.165, 1.54) is 18.3 Å². The number of nitrogens with two attached hydrogens (primary N) is 1. The van der Waals surface area contributed by atoms with Crippen molar-refractivity contribution in [1.29, 1.82) is 0 Å². The van der Waals surface area contributed by atoms with Crippen LogP contribution >= 0.6 is 0 Å². The third kappa shape index (κ3) is 2.01. The van der Waals surface area contributed by atoms with Crippen LogP contribution in [0.15, 0.2) is 23.2 Å². The summed E-state index contributed by atoms with van der Waals surface area (Å²) in [7, 11) is -3.70. The minimum atomic E-state index is -3.70. The van der Waals surface area contributed by atoms with Crippen molar-refractivity contribution in [3.63, 3.8) is 0 Å². The minimum Gasteiger partial charge on any atom is -0.394 e. The zero-order valence-corrected chi connectivity index (χ0v) is 9.37. The number of nitrogen functional groups attached to an aromatic ring is 1. The number of aliphatic hydroxyl groups is 1. The molecule has 0 radical (unpaired) electrons. The molecule has 0 saturated heterocycles. The second kappa shape index (κ2) is 3.69. The van der Waals surface area contributed by atoms with Crippen molar-refractivity contribution in [3.8, 4) is 0 Å². The van der Waals surface area contributed by atoms with Crippen LogP contribution in [0, 0.1) is 0 Å². The van der Waals surface area contributed by atoms with Gasteiger partial charge in [0.15, 0.2) is 0 Å². The van der Waals surface area contributed by atoms with Crippen LogP contribution in [0.25, 0.3) is 0 Å².